The van der Waals surface area contributed by atoms with E-state index in [2.05, 4.69) is 20.9 Å². The first-order valence-corrected chi connectivity index (χ1v) is 11.9. The lowest BCUT2D eigenvalue weighted by Gasteiger charge is -2.45. The zero-order valence-electron chi connectivity index (χ0n) is 18.3. The van der Waals surface area contributed by atoms with E-state index in [-0.39, 0.29) is 18.1 Å². The number of ether oxygens (including phenoxy) is 3. The standard InChI is InChI=1S/C26H28BrNO5/c27-21-10-8-20(9-11-21)26(33-24(13-15-29)23-17-22(30)12-14-28-23)25(7-4-16-32-26)31-18-19-5-2-1-3-6-19/h1-3,5-6,8-12,14,17,24-25,29H,4,7,13,15-16,18H2,(H,28,30). The number of hydrogen-bond donors (Lipinski definition) is 2. The highest BCUT2D eigenvalue weighted by atomic mass is 79.9. The Labute approximate surface area is 201 Å². The summed E-state index contributed by atoms with van der Waals surface area (Å²) in [6.45, 7) is 0.829. The number of hydrogen-bond acceptors (Lipinski definition) is 5. The second-order valence-electron chi connectivity index (χ2n) is 8.05. The molecule has 3 aromatic rings. The molecule has 2 aromatic carbocycles. The molecule has 1 aliphatic heterocycles. The Hall–Kier alpha value is -2.29. The number of aromatic nitrogens is 1. The molecule has 2 heterocycles. The Kier molecular flexibility index (Phi) is 8.11. The van der Waals surface area contributed by atoms with Crippen LogP contribution in [0.2, 0.25) is 0 Å². The number of rotatable bonds is 9. The van der Waals surface area contributed by atoms with Gasteiger partial charge in [-0.2, -0.15) is 0 Å². The summed E-state index contributed by atoms with van der Waals surface area (Å²) < 4.78 is 20.4. The fourth-order valence-electron chi connectivity index (χ4n) is 4.12. The van der Waals surface area contributed by atoms with Crippen LogP contribution in [0.1, 0.15) is 42.2 Å². The van der Waals surface area contributed by atoms with Crippen LogP contribution in [0.25, 0.3) is 0 Å². The minimum Gasteiger partial charge on any atom is -0.396 e. The molecular weight excluding hydrogens is 486 g/mol. The molecule has 6 nitrogen and oxygen atoms in total. The van der Waals surface area contributed by atoms with Gasteiger partial charge in [0, 0.05) is 47.1 Å². The summed E-state index contributed by atoms with van der Waals surface area (Å²) in [5.41, 5.74) is 2.34. The maximum Gasteiger partial charge on any atom is 0.222 e. The van der Waals surface area contributed by atoms with Crippen LogP contribution in [-0.4, -0.2) is 29.4 Å². The summed E-state index contributed by atoms with van der Waals surface area (Å²) in [5.74, 6) is -1.19. The lowest BCUT2D eigenvalue weighted by Crippen LogP contribution is -2.50. The summed E-state index contributed by atoms with van der Waals surface area (Å²) in [7, 11) is 0. The monoisotopic (exact) mass is 513 g/mol. The van der Waals surface area contributed by atoms with Gasteiger partial charge in [-0.05, 0) is 30.5 Å². The molecule has 0 aliphatic carbocycles. The first-order valence-electron chi connectivity index (χ1n) is 11.1. The lowest BCUT2D eigenvalue weighted by atomic mass is 9.93. The predicted octanol–water partition coefficient (Wildman–Crippen LogP) is 4.83. The molecule has 1 saturated heterocycles. The van der Waals surface area contributed by atoms with Crippen LogP contribution >= 0.6 is 15.9 Å². The molecular formula is C26H28BrNO5. The Morgan fingerprint density at radius 3 is 2.67 bits per heavy atom. The Bertz CT molecular complexity index is 1070. The predicted molar refractivity (Wildman–Crippen MR) is 129 cm³/mol. The van der Waals surface area contributed by atoms with Crippen LogP contribution in [-0.2, 0) is 26.6 Å². The zero-order valence-corrected chi connectivity index (χ0v) is 19.9. The van der Waals surface area contributed by atoms with Crippen molar-refractivity contribution >= 4 is 15.9 Å². The average molecular weight is 514 g/mol. The first kappa shape index (κ1) is 23.9. The quantitative estimate of drug-likeness (QED) is 0.428. The molecule has 174 valence electrons. The molecule has 1 aromatic heterocycles. The van der Waals surface area contributed by atoms with E-state index in [1.807, 2.05) is 54.6 Å². The zero-order chi connectivity index (χ0) is 23.1. The van der Waals surface area contributed by atoms with E-state index in [0.29, 0.717) is 25.3 Å². The molecule has 0 radical (unpaired) electrons. The van der Waals surface area contributed by atoms with Gasteiger partial charge in [-0.1, -0.05) is 58.4 Å². The van der Waals surface area contributed by atoms with Gasteiger partial charge >= 0.3 is 0 Å². The SMILES string of the molecule is O=c1cc[nH]c(C(CCO)OC2(c3ccc(Br)cc3)OCCCC2OCc2ccccc2)c1. The van der Waals surface area contributed by atoms with Crippen molar-refractivity contribution < 1.29 is 19.3 Å². The third-order valence-corrected chi connectivity index (χ3v) is 6.27. The Balaban J connectivity index is 1.71. The van der Waals surface area contributed by atoms with Crippen LogP contribution in [0.5, 0.6) is 0 Å². The molecule has 2 N–H and O–H groups in total. The van der Waals surface area contributed by atoms with Crippen molar-refractivity contribution in [1.29, 1.82) is 0 Å². The van der Waals surface area contributed by atoms with Crippen LogP contribution in [0.3, 0.4) is 0 Å². The number of aromatic amines is 1. The summed E-state index contributed by atoms with van der Waals surface area (Å²) in [4.78, 5) is 15.1. The van der Waals surface area contributed by atoms with E-state index in [1.54, 1.807) is 6.20 Å². The molecule has 3 unspecified atom stereocenters. The van der Waals surface area contributed by atoms with Crippen LogP contribution in [0.15, 0.2) is 82.2 Å². The van der Waals surface area contributed by atoms with E-state index in [9.17, 15) is 9.90 Å². The molecule has 0 saturated carbocycles. The molecule has 1 fully saturated rings. The van der Waals surface area contributed by atoms with Crippen LogP contribution < -0.4 is 5.43 Å². The smallest absolute Gasteiger partial charge is 0.222 e. The second-order valence-corrected chi connectivity index (χ2v) is 8.96. The number of nitrogens with one attached hydrogen (secondary N) is 1. The largest absolute Gasteiger partial charge is 0.396 e. The summed E-state index contributed by atoms with van der Waals surface area (Å²) in [6.07, 6.45) is 2.50. The molecule has 7 heteroatoms. The maximum atomic E-state index is 12.0. The number of aliphatic hydroxyl groups is 1. The third kappa shape index (κ3) is 5.80. The highest BCUT2D eigenvalue weighted by Crippen LogP contribution is 2.43. The summed E-state index contributed by atoms with van der Waals surface area (Å²) in [5, 5.41) is 9.76. The van der Waals surface area contributed by atoms with Gasteiger partial charge in [0.15, 0.2) is 5.43 Å². The van der Waals surface area contributed by atoms with E-state index in [1.165, 1.54) is 12.1 Å². The van der Waals surface area contributed by atoms with E-state index in [0.717, 1.165) is 28.4 Å². The van der Waals surface area contributed by atoms with Crippen molar-refractivity contribution in [3.63, 3.8) is 0 Å². The van der Waals surface area contributed by atoms with E-state index < -0.39 is 11.9 Å². The number of pyridine rings is 1. The van der Waals surface area contributed by atoms with Crippen molar-refractivity contribution in [1.82, 2.24) is 4.98 Å². The number of H-pyrrole nitrogens is 1. The van der Waals surface area contributed by atoms with Gasteiger partial charge in [0.25, 0.3) is 0 Å². The highest BCUT2D eigenvalue weighted by Gasteiger charge is 2.48. The molecule has 33 heavy (non-hydrogen) atoms. The molecule has 4 rings (SSSR count). The summed E-state index contributed by atoms with van der Waals surface area (Å²) in [6, 6.07) is 20.7. The van der Waals surface area contributed by atoms with Crippen molar-refractivity contribution in [3.05, 3.63) is 104 Å². The maximum absolute atomic E-state index is 12.0. The van der Waals surface area contributed by atoms with E-state index >= 15 is 0 Å². The van der Waals surface area contributed by atoms with E-state index in [4.69, 9.17) is 14.2 Å². The Morgan fingerprint density at radius 2 is 1.94 bits per heavy atom. The molecule has 3 atom stereocenters. The number of aliphatic hydroxyl groups excluding tert-OH is 1. The molecule has 1 aliphatic rings. The number of halogens is 1. The van der Waals surface area contributed by atoms with Crippen molar-refractivity contribution in [2.45, 2.75) is 43.9 Å². The minimum atomic E-state index is -1.19. The average Bonchev–Trinajstić information content (AvgIpc) is 2.84. The van der Waals surface area contributed by atoms with Crippen molar-refractivity contribution in [2.24, 2.45) is 0 Å². The van der Waals surface area contributed by atoms with Gasteiger partial charge in [-0.15, -0.1) is 0 Å². The fourth-order valence-corrected chi connectivity index (χ4v) is 4.39. The van der Waals surface area contributed by atoms with Gasteiger partial charge < -0.3 is 24.3 Å². The molecule has 0 bridgehead atoms. The van der Waals surface area contributed by atoms with Crippen molar-refractivity contribution in [2.75, 3.05) is 13.2 Å². The Morgan fingerprint density at radius 1 is 1.15 bits per heavy atom. The fraction of sp³-hybridized carbons (Fsp3) is 0.346. The van der Waals surface area contributed by atoms with Gasteiger partial charge in [-0.25, -0.2) is 0 Å². The van der Waals surface area contributed by atoms with Crippen LogP contribution in [0.4, 0.5) is 0 Å². The second kappa shape index (κ2) is 11.2. The first-order chi connectivity index (χ1) is 16.1. The minimum absolute atomic E-state index is 0.104. The highest BCUT2D eigenvalue weighted by molar-refractivity contribution is 9.10. The van der Waals surface area contributed by atoms with Crippen LogP contribution in [0, 0.1) is 0 Å². The normalized spacial score (nSPS) is 21.6. The summed E-state index contributed by atoms with van der Waals surface area (Å²) >= 11 is 3.50. The lowest BCUT2D eigenvalue weighted by molar-refractivity contribution is -0.339. The number of benzene rings is 2. The van der Waals surface area contributed by atoms with Gasteiger partial charge in [0.2, 0.25) is 5.79 Å². The van der Waals surface area contributed by atoms with Gasteiger partial charge in [0.1, 0.15) is 12.2 Å². The molecule has 0 amide bonds. The van der Waals surface area contributed by atoms with Gasteiger partial charge in [-0.3, -0.25) is 4.79 Å². The van der Waals surface area contributed by atoms with Crippen molar-refractivity contribution in [3.8, 4) is 0 Å². The van der Waals surface area contributed by atoms with Gasteiger partial charge in [0.05, 0.1) is 13.2 Å². The topological polar surface area (TPSA) is 80.8 Å². The third-order valence-electron chi connectivity index (χ3n) is 5.74. The molecule has 0 spiro atoms.